The Morgan fingerprint density at radius 2 is 2.06 bits per heavy atom. The SMILES string of the molecule is CCOC(=O)CC(=O)[C@H](C)[C@H]1NC(=O)[C@@H]1[C@@H](C)O. The van der Waals surface area contributed by atoms with E-state index in [0.717, 1.165) is 0 Å². The van der Waals surface area contributed by atoms with Gasteiger partial charge in [0, 0.05) is 5.92 Å². The molecule has 18 heavy (non-hydrogen) atoms. The zero-order valence-corrected chi connectivity index (χ0v) is 10.8. The Labute approximate surface area is 106 Å². The van der Waals surface area contributed by atoms with Crippen LogP contribution in [-0.2, 0) is 19.1 Å². The van der Waals surface area contributed by atoms with Gasteiger partial charge in [0.2, 0.25) is 5.91 Å². The van der Waals surface area contributed by atoms with Crippen molar-refractivity contribution in [3.05, 3.63) is 0 Å². The van der Waals surface area contributed by atoms with Crippen LogP contribution in [0.25, 0.3) is 0 Å². The number of amides is 1. The lowest BCUT2D eigenvalue weighted by Crippen LogP contribution is -2.65. The topological polar surface area (TPSA) is 92.7 Å². The number of nitrogens with one attached hydrogen (secondary N) is 1. The number of esters is 1. The molecule has 1 aliphatic rings. The van der Waals surface area contributed by atoms with Gasteiger partial charge in [0.25, 0.3) is 0 Å². The molecule has 6 heteroatoms. The van der Waals surface area contributed by atoms with E-state index in [2.05, 4.69) is 5.32 Å². The van der Waals surface area contributed by atoms with E-state index >= 15 is 0 Å². The van der Waals surface area contributed by atoms with E-state index in [4.69, 9.17) is 4.74 Å². The summed E-state index contributed by atoms with van der Waals surface area (Å²) in [5, 5.41) is 12.0. The molecule has 4 atom stereocenters. The molecule has 1 rings (SSSR count). The molecule has 0 bridgehead atoms. The summed E-state index contributed by atoms with van der Waals surface area (Å²) in [5.41, 5.74) is 0. The van der Waals surface area contributed by atoms with Gasteiger partial charge in [-0.15, -0.1) is 0 Å². The third kappa shape index (κ3) is 3.07. The third-order valence-corrected chi connectivity index (χ3v) is 3.19. The predicted octanol–water partition coefficient (Wildman–Crippen LogP) is -0.360. The van der Waals surface area contributed by atoms with Crippen molar-refractivity contribution in [1.29, 1.82) is 0 Å². The number of aliphatic hydroxyl groups is 1. The van der Waals surface area contributed by atoms with Crippen molar-refractivity contribution in [2.45, 2.75) is 39.3 Å². The maximum Gasteiger partial charge on any atom is 0.313 e. The molecule has 6 nitrogen and oxygen atoms in total. The van der Waals surface area contributed by atoms with Gasteiger partial charge >= 0.3 is 5.97 Å². The first kappa shape index (κ1) is 14.6. The van der Waals surface area contributed by atoms with Crippen molar-refractivity contribution in [2.24, 2.45) is 11.8 Å². The third-order valence-electron chi connectivity index (χ3n) is 3.19. The predicted molar refractivity (Wildman–Crippen MR) is 62.5 cm³/mol. The molecule has 0 aromatic rings. The lowest BCUT2D eigenvalue weighted by atomic mass is 9.77. The van der Waals surface area contributed by atoms with Gasteiger partial charge in [0.1, 0.15) is 12.2 Å². The second kappa shape index (κ2) is 5.95. The average molecular weight is 257 g/mol. The number of rotatable bonds is 6. The first-order valence-corrected chi connectivity index (χ1v) is 6.05. The Morgan fingerprint density at radius 1 is 1.44 bits per heavy atom. The Kier molecular flexibility index (Phi) is 4.84. The van der Waals surface area contributed by atoms with Crippen molar-refractivity contribution in [3.8, 4) is 0 Å². The van der Waals surface area contributed by atoms with Gasteiger partial charge in [0.05, 0.1) is 24.7 Å². The molecule has 1 heterocycles. The average Bonchev–Trinajstić information content (AvgIpc) is 2.23. The normalized spacial score (nSPS) is 25.7. The fourth-order valence-electron chi connectivity index (χ4n) is 2.09. The maximum absolute atomic E-state index is 11.8. The minimum atomic E-state index is -0.804. The highest BCUT2D eigenvalue weighted by atomic mass is 16.5. The summed E-state index contributed by atoms with van der Waals surface area (Å²) in [5.74, 6) is -2.19. The molecule has 0 radical (unpaired) electrons. The Hall–Kier alpha value is -1.43. The van der Waals surface area contributed by atoms with Gasteiger partial charge in [-0.1, -0.05) is 6.92 Å². The molecule has 0 aromatic heterocycles. The summed E-state index contributed by atoms with van der Waals surface area (Å²) in [6.07, 6.45) is -1.10. The van der Waals surface area contributed by atoms with E-state index < -0.39 is 30.0 Å². The fraction of sp³-hybridized carbons (Fsp3) is 0.750. The van der Waals surface area contributed by atoms with Gasteiger partial charge in [-0.25, -0.2) is 0 Å². The molecule has 1 aliphatic heterocycles. The summed E-state index contributed by atoms with van der Waals surface area (Å²) in [7, 11) is 0. The first-order chi connectivity index (χ1) is 8.38. The number of carbonyl (C=O) groups excluding carboxylic acids is 3. The molecular formula is C12H19NO5. The van der Waals surface area contributed by atoms with Gasteiger partial charge in [-0.2, -0.15) is 0 Å². The van der Waals surface area contributed by atoms with Crippen LogP contribution in [-0.4, -0.2) is 41.5 Å². The quantitative estimate of drug-likeness (QED) is 0.385. The van der Waals surface area contributed by atoms with E-state index in [1.54, 1.807) is 13.8 Å². The summed E-state index contributed by atoms with van der Waals surface area (Å²) >= 11 is 0. The number of Topliss-reactive ketones (excluding diaryl/α,β-unsaturated/α-hetero) is 1. The smallest absolute Gasteiger partial charge is 0.313 e. The molecule has 0 aliphatic carbocycles. The zero-order valence-electron chi connectivity index (χ0n) is 10.8. The van der Waals surface area contributed by atoms with Crippen molar-refractivity contribution in [2.75, 3.05) is 6.61 Å². The van der Waals surface area contributed by atoms with Crippen molar-refractivity contribution in [3.63, 3.8) is 0 Å². The molecule has 0 aromatic carbocycles. The Morgan fingerprint density at radius 3 is 2.50 bits per heavy atom. The molecule has 1 fully saturated rings. The lowest BCUT2D eigenvalue weighted by molar-refractivity contribution is -0.148. The van der Waals surface area contributed by atoms with Gasteiger partial charge in [0.15, 0.2) is 0 Å². The van der Waals surface area contributed by atoms with Crippen LogP contribution in [0, 0.1) is 11.8 Å². The van der Waals surface area contributed by atoms with Crippen LogP contribution in [0.3, 0.4) is 0 Å². The van der Waals surface area contributed by atoms with Crippen LogP contribution in [0.2, 0.25) is 0 Å². The molecule has 2 N–H and O–H groups in total. The van der Waals surface area contributed by atoms with Crippen LogP contribution in [0.5, 0.6) is 0 Å². The number of ether oxygens (including phenoxy) is 1. The highest BCUT2D eigenvalue weighted by Gasteiger charge is 2.47. The van der Waals surface area contributed by atoms with Crippen LogP contribution in [0.4, 0.5) is 0 Å². The van der Waals surface area contributed by atoms with Crippen LogP contribution in [0.1, 0.15) is 27.2 Å². The number of β-lactam (4-membered cyclic amide) rings is 1. The second-order valence-electron chi connectivity index (χ2n) is 4.54. The summed E-state index contributed by atoms with van der Waals surface area (Å²) in [6, 6.07) is -0.403. The van der Waals surface area contributed by atoms with E-state index in [0.29, 0.717) is 0 Å². The zero-order chi connectivity index (χ0) is 13.9. The summed E-state index contributed by atoms with van der Waals surface area (Å²) in [4.78, 5) is 34.3. The fourth-order valence-corrected chi connectivity index (χ4v) is 2.09. The standard InChI is InChI=1S/C12H19NO5/c1-4-18-9(16)5-8(15)6(2)11-10(7(3)14)12(17)13-11/h6-7,10-11,14H,4-5H2,1-3H3,(H,13,17)/t6-,7+,10+,11+/m0/s1. The van der Waals surface area contributed by atoms with Gasteiger partial charge < -0.3 is 15.2 Å². The number of carbonyl (C=O) groups is 3. The largest absolute Gasteiger partial charge is 0.466 e. The number of aliphatic hydroxyl groups excluding tert-OH is 1. The highest BCUT2D eigenvalue weighted by molar-refractivity contribution is 5.98. The van der Waals surface area contributed by atoms with Crippen LogP contribution in [0.15, 0.2) is 0 Å². The minimum absolute atomic E-state index is 0.233. The highest BCUT2D eigenvalue weighted by Crippen LogP contribution is 2.26. The lowest BCUT2D eigenvalue weighted by Gasteiger charge is -2.41. The van der Waals surface area contributed by atoms with E-state index in [1.165, 1.54) is 6.92 Å². The number of ketones is 1. The first-order valence-electron chi connectivity index (χ1n) is 6.05. The number of hydrogen-bond donors (Lipinski definition) is 2. The van der Waals surface area contributed by atoms with Crippen molar-refractivity contribution < 1.29 is 24.2 Å². The summed E-state index contributed by atoms with van der Waals surface area (Å²) in [6.45, 7) is 5.05. The van der Waals surface area contributed by atoms with E-state index in [-0.39, 0.29) is 24.7 Å². The summed E-state index contributed by atoms with van der Waals surface area (Å²) < 4.78 is 4.69. The Bertz CT molecular complexity index is 352. The molecular weight excluding hydrogens is 238 g/mol. The molecule has 1 saturated heterocycles. The molecule has 0 spiro atoms. The number of hydrogen-bond acceptors (Lipinski definition) is 5. The minimum Gasteiger partial charge on any atom is -0.466 e. The molecule has 102 valence electrons. The van der Waals surface area contributed by atoms with Crippen LogP contribution >= 0.6 is 0 Å². The van der Waals surface area contributed by atoms with Gasteiger partial charge in [-0.3, -0.25) is 14.4 Å². The van der Waals surface area contributed by atoms with E-state index in [9.17, 15) is 19.5 Å². The van der Waals surface area contributed by atoms with Crippen molar-refractivity contribution in [1.82, 2.24) is 5.32 Å². The second-order valence-corrected chi connectivity index (χ2v) is 4.54. The van der Waals surface area contributed by atoms with Crippen molar-refractivity contribution >= 4 is 17.7 Å². The molecule has 1 amide bonds. The van der Waals surface area contributed by atoms with Gasteiger partial charge in [-0.05, 0) is 13.8 Å². The van der Waals surface area contributed by atoms with E-state index in [1.807, 2.05) is 0 Å². The molecule has 0 unspecified atom stereocenters. The monoisotopic (exact) mass is 257 g/mol. The van der Waals surface area contributed by atoms with Crippen LogP contribution < -0.4 is 5.32 Å². The Balaban J connectivity index is 2.54. The molecule has 0 saturated carbocycles. The maximum atomic E-state index is 11.8.